The van der Waals surface area contributed by atoms with E-state index in [1.165, 1.54) is 6.07 Å². The summed E-state index contributed by atoms with van der Waals surface area (Å²) in [7, 11) is 1.89. The molecule has 0 amide bonds. The molecule has 0 aliphatic carbocycles. The van der Waals surface area contributed by atoms with Gasteiger partial charge in [-0.05, 0) is 19.4 Å². The third-order valence-corrected chi connectivity index (χ3v) is 2.70. The number of hydrogen-bond donors (Lipinski definition) is 1. The molecule has 6 nitrogen and oxygen atoms in total. The fourth-order valence-electron chi connectivity index (χ4n) is 1.31. The van der Waals surface area contributed by atoms with Gasteiger partial charge in [0.2, 0.25) is 5.82 Å². The van der Waals surface area contributed by atoms with Gasteiger partial charge in [-0.2, -0.15) is 0 Å². The molecule has 0 spiro atoms. The number of aromatic nitrogens is 1. The molecule has 1 unspecified atom stereocenters. The van der Waals surface area contributed by atoms with E-state index in [-0.39, 0.29) is 11.5 Å². The molecule has 1 aromatic rings. The molecule has 0 bridgehead atoms. The Hall–Kier alpha value is -1.85. The van der Waals surface area contributed by atoms with Crippen molar-refractivity contribution in [2.75, 3.05) is 17.7 Å². The molecule has 16 heavy (non-hydrogen) atoms. The second-order valence-electron chi connectivity index (χ2n) is 3.70. The van der Waals surface area contributed by atoms with Crippen LogP contribution >= 0.6 is 0 Å². The van der Waals surface area contributed by atoms with Gasteiger partial charge >= 0.3 is 5.69 Å². The zero-order valence-corrected chi connectivity index (χ0v) is 9.67. The topological polar surface area (TPSA) is 85.3 Å². The largest absolute Gasteiger partial charge is 0.378 e. The molecule has 1 heterocycles. The van der Waals surface area contributed by atoms with E-state index >= 15 is 0 Å². The maximum absolute atomic E-state index is 10.6. The Bertz CT molecular complexity index is 394. The number of nitrogens with two attached hydrogens (primary N) is 1. The molecule has 0 fully saturated rings. The van der Waals surface area contributed by atoms with Gasteiger partial charge in [0, 0.05) is 19.2 Å². The van der Waals surface area contributed by atoms with E-state index in [9.17, 15) is 10.1 Å². The second-order valence-corrected chi connectivity index (χ2v) is 3.70. The standard InChI is InChI=1S/C10H16N4O2/c1-4-7(2)13(3)9-6-5-8(14(15)16)10(11)12-9/h5-7H,4H2,1-3H3,(H2,11,12). The highest BCUT2D eigenvalue weighted by Gasteiger charge is 2.16. The highest BCUT2D eigenvalue weighted by atomic mass is 16.6. The summed E-state index contributed by atoms with van der Waals surface area (Å²) in [6, 6.07) is 3.31. The number of nitro groups is 1. The number of hydrogen-bond acceptors (Lipinski definition) is 5. The first kappa shape index (κ1) is 12.2. The predicted octanol–water partition coefficient (Wildman–Crippen LogP) is 1.81. The van der Waals surface area contributed by atoms with Crippen molar-refractivity contribution in [2.45, 2.75) is 26.3 Å². The summed E-state index contributed by atoms with van der Waals surface area (Å²) in [5.41, 5.74) is 5.37. The maximum atomic E-state index is 10.6. The highest BCUT2D eigenvalue weighted by molar-refractivity contribution is 5.57. The van der Waals surface area contributed by atoms with E-state index in [0.717, 1.165) is 6.42 Å². The highest BCUT2D eigenvalue weighted by Crippen LogP contribution is 2.23. The van der Waals surface area contributed by atoms with Gasteiger partial charge in [0.1, 0.15) is 5.82 Å². The summed E-state index contributed by atoms with van der Waals surface area (Å²) < 4.78 is 0. The van der Waals surface area contributed by atoms with Crippen LogP contribution in [0.5, 0.6) is 0 Å². The van der Waals surface area contributed by atoms with Gasteiger partial charge in [0.05, 0.1) is 4.92 Å². The van der Waals surface area contributed by atoms with Crippen LogP contribution in [0.15, 0.2) is 12.1 Å². The van der Waals surface area contributed by atoms with Crippen molar-refractivity contribution >= 4 is 17.3 Å². The number of anilines is 2. The van der Waals surface area contributed by atoms with E-state index < -0.39 is 4.92 Å². The quantitative estimate of drug-likeness (QED) is 0.622. The van der Waals surface area contributed by atoms with Crippen LogP contribution in [-0.4, -0.2) is 23.0 Å². The molecule has 1 atom stereocenters. The van der Waals surface area contributed by atoms with Crippen LogP contribution in [-0.2, 0) is 0 Å². The molecule has 1 rings (SSSR count). The fourth-order valence-corrected chi connectivity index (χ4v) is 1.31. The Kier molecular flexibility index (Phi) is 3.65. The van der Waals surface area contributed by atoms with Crippen LogP contribution in [0.2, 0.25) is 0 Å². The first-order valence-electron chi connectivity index (χ1n) is 5.11. The molecule has 1 aromatic heterocycles. The third-order valence-electron chi connectivity index (χ3n) is 2.70. The normalized spacial score (nSPS) is 12.2. The Balaban J connectivity index is 3.01. The summed E-state index contributed by atoms with van der Waals surface area (Å²) >= 11 is 0. The molecule has 0 saturated heterocycles. The van der Waals surface area contributed by atoms with Crippen molar-refractivity contribution in [2.24, 2.45) is 0 Å². The van der Waals surface area contributed by atoms with Crippen molar-refractivity contribution in [3.8, 4) is 0 Å². The summed E-state index contributed by atoms with van der Waals surface area (Å²) in [6.07, 6.45) is 0.967. The van der Waals surface area contributed by atoms with Gasteiger partial charge in [-0.25, -0.2) is 4.98 Å². The van der Waals surface area contributed by atoms with Crippen LogP contribution in [0, 0.1) is 10.1 Å². The van der Waals surface area contributed by atoms with Crippen LogP contribution in [0.3, 0.4) is 0 Å². The zero-order valence-electron chi connectivity index (χ0n) is 9.67. The molecule has 88 valence electrons. The van der Waals surface area contributed by atoms with Gasteiger partial charge in [0.15, 0.2) is 0 Å². The Morgan fingerprint density at radius 1 is 1.62 bits per heavy atom. The van der Waals surface area contributed by atoms with E-state index in [4.69, 9.17) is 5.73 Å². The maximum Gasteiger partial charge on any atom is 0.311 e. The summed E-state index contributed by atoms with van der Waals surface area (Å²) in [5, 5.41) is 10.6. The Labute approximate surface area is 94.2 Å². The lowest BCUT2D eigenvalue weighted by atomic mass is 10.2. The average Bonchev–Trinajstić information content (AvgIpc) is 2.26. The lowest BCUT2D eigenvalue weighted by molar-refractivity contribution is -0.384. The van der Waals surface area contributed by atoms with E-state index in [0.29, 0.717) is 11.9 Å². The van der Waals surface area contributed by atoms with Crippen LogP contribution < -0.4 is 10.6 Å². The van der Waals surface area contributed by atoms with Gasteiger partial charge in [0.25, 0.3) is 0 Å². The molecular formula is C10H16N4O2. The lowest BCUT2D eigenvalue weighted by Gasteiger charge is -2.24. The Morgan fingerprint density at radius 2 is 2.25 bits per heavy atom. The minimum Gasteiger partial charge on any atom is -0.378 e. The van der Waals surface area contributed by atoms with Crippen molar-refractivity contribution in [1.82, 2.24) is 4.98 Å². The molecule has 0 aliphatic rings. The van der Waals surface area contributed by atoms with Gasteiger partial charge in [-0.3, -0.25) is 10.1 Å². The minimum atomic E-state index is -0.532. The zero-order chi connectivity index (χ0) is 12.3. The van der Waals surface area contributed by atoms with Crippen LogP contribution in [0.25, 0.3) is 0 Å². The fraction of sp³-hybridized carbons (Fsp3) is 0.500. The minimum absolute atomic E-state index is 0.0438. The Morgan fingerprint density at radius 3 is 2.69 bits per heavy atom. The first-order chi connectivity index (χ1) is 7.47. The summed E-state index contributed by atoms with van der Waals surface area (Å²) in [4.78, 5) is 16.0. The summed E-state index contributed by atoms with van der Waals surface area (Å²) in [6.45, 7) is 4.12. The van der Waals surface area contributed by atoms with Gasteiger partial charge in [-0.1, -0.05) is 6.92 Å². The predicted molar refractivity (Wildman–Crippen MR) is 63.5 cm³/mol. The number of rotatable bonds is 4. The lowest BCUT2D eigenvalue weighted by Crippen LogP contribution is -2.28. The van der Waals surface area contributed by atoms with Crippen molar-refractivity contribution in [3.05, 3.63) is 22.2 Å². The smallest absolute Gasteiger partial charge is 0.311 e. The molecule has 0 radical (unpaired) electrons. The van der Waals surface area contributed by atoms with Gasteiger partial charge in [-0.15, -0.1) is 0 Å². The molecular weight excluding hydrogens is 208 g/mol. The molecule has 0 aliphatic heterocycles. The first-order valence-corrected chi connectivity index (χ1v) is 5.11. The van der Waals surface area contributed by atoms with Crippen molar-refractivity contribution in [1.29, 1.82) is 0 Å². The van der Waals surface area contributed by atoms with Crippen molar-refractivity contribution in [3.63, 3.8) is 0 Å². The monoisotopic (exact) mass is 224 g/mol. The number of nitrogens with zero attached hydrogens (tertiary/aromatic N) is 3. The summed E-state index contributed by atoms with van der Waals surface area (Å²) in [5.74, 6) is 0.607. The van der Waals surface area contributed by atoms with E-state index in [2.05, 4.69) is 18.8 Å². The number of pyridine rings is 1. The van der Waals surface area contributed by atoms with E-state index in [1.54, 1.807) is 6.07 Å². The van der Waals surface area contributed by atoms with Crippen LogP contribution in [0.1, 0.15) is 20.3 Å². The van der Waals surface area contributed by atoms with Gasteiger partial charge < -0.3 is 10.6 Å². The van der Waals surface area contributed by atoms with E-state index in [1.807, 2.05) is 11.9 Å². The average molecular weight is 224 g/mol. The molecule has 0 saturated carbocycles. The molecule has 6 heteroatoms. The second kappa shape index (κ2) is 4.78. The van der Waals surface area contributed by atoms with Crippen molar-refractivity contribution < 1.29 is 4.92 Å². The molecule has 2 N–H and O–H groups in total. The third kappa shape index (κ3) is 2.39. The molecule has 0 aromatic carbocycles. The number of nitrogen functional groups attached to an aromatic ring is 1. The SMILES string of the molecule is CCC(C)N(C)c1ccc([N+](=O)[O-])c(N)n1. The van der Waals surface area contributed by atoms with Crippen LogP contribution in [0.4, 0.5) is 17.3 Å².